The van der Waals surface area contributed by atoms with Gasteiger partial charge in [0.05, 0.1) is 17.8 Å². The van der Waals surface area contributed by atoms with Crippen molar-refractivity contribution in [2.75, 3.05) is 12.4 Å². The van der Waals surface area contributed by atoms with E-state index in [0.717, 1.165) is 6.21 Å². The van der Waals surface area contributed by atoms with Crippen LogP contribution in [0.25, 0.3) is 0 Å². The second-order valence-electron chi connectivity index (χ2n) is 2.58. The number of nitrogens with one attached hydrogen (secondary N) is 1. The van der Waals surface area contributed by atoms with Crippen molar-refractivity contribution in [2.24, 2.45) is 5.16 Å². The van der Waals surface area contributed by atoms with Crippen LogP contribution in [0.1, 0.15) is 0 Å². The summed E-state index contributed by atoms with van der Waals surface area (Å²) in [6.07, 6.45) is 0.732. The molecule has 0 spiro atoms. The molecule has 0 fully saturated rings. The van der Waals surface area contributed by atoms with Gasteiger partial charge in [0.15, 0.2) is 0 Å². The second-order valence-corrected chi connectivity index (χ2v) is 2.99. The molecule has 1 rings (SSSR count). The summed E-state index contributed by atoms with van der Waals surface area (Å²) < 4.78 is 4.96. The van der Waals surface area contributed by atoms with Crippen molar-refractivity contribution in [1.82, 2.24) is 0 Å². The minimum atomic E-state index is -0.576. The summed E-state index contributed by atoms with van der Waals surface area (Å²) in [6.45, 7) is 0. The third-order valence-electron chi connectivity index (χ3n) is 1.61. The molecule has 0 saturated carbocycles. The van der Waals surface area contributed by atoms with E-state index in [0.29, 0.717) is 16.5 Å². The van der Waals surface area contributed by atoms with Gasteiger partial charge >= 0.3 is 0 Å². The molecular weight excluding hydrogens is 220 g/mol. The topological polar surface area (TPSA) is 70.9 Å². The van der Waals surface area contributed by atoms with E-state index >= 15 is 0 Å². The first-order chi connectivity index (χ1) is 7.17. The van der Waals surface area contributed by atoms with Crippen molar-refractivity contribution in [1.29, 1.82) is 0 Å². The van der Waals surface area contributed by atoms with Crippen LogP contribution in [0.5, 0.6) is 5.75 Å². The number of nitrogens with zero attached hydrogens (tertiary/aromatic N) is 1. The maximum absolute atomic E-state index is 11.0. The number of ether oxygens (including phenoxy) is 1. The molecule has 1 aromatic carbocycles. The lowest BCUT2D eigenvalue weighted by Gasteiger charge is -2.06. The van der Waals surface area contributed by atoms with E-state index in [4.69, 9.17) is 21.5 Å². The summed E-state index contributed by atoms with van der Waals surface area (Å²) in [7, 11) is 1.50. The summed E-state index contributed by atoms with van der Waals surface area (Å²) in [6, 6.07) is 4.82. The first-order valence-electron chi connectivity index (χ1n) is 3.99. The zero-order chi connectivity index (χ0) is 11.3. The smallest absolute Gasteiger partial charge is 0.270 e. The Labute approximate surface area is 91.3 Å². The van der Waals surface area contributed by atoms with Crippen LogP contribution in [0.4, 0.5) is 5.69 Å². The standard InChI is InChI=1S/C9H9ClN2O3/c1-15-6-2-3-7(10)8(4-6)12-9(13)5-11-14/h2-5,14H,1H3,(H,12,13)/b11-5+. The highest BCUT2D eigenvalue weighted by Gasteiger charge is 2.05. The molecular formula is C9H9ClN2O3. The molecule has 15 heavy (non-hydrogen) atoms. The van der Waals surface area contributed by atoms with Crippen LogP contribution < -0.4 is 10.1 Å². The normalized spacial score (nSPS) is 10.3. The molecule has 5 nitrogen and oxygen atoms in total. The maximum Gasteiger partial charge on any atom is 0.270 e. The van der Waals surface area contributed by atoms with Crippen LogP contribution in [0, 0.1) is 0 Å². The molecule has 0 unspecified atom stereocenters. The molecule has 0 radical (unpaired) electrons. The Morgan fingerprint density at radius 3 is 3.00 bits per heavy atom. The summed E-state index contributed by atoms with van der Waals surface area (Å²) in [4.78, 5) is 11.0. The minimum Gasteiger partial charge on any atom is -0.497 e. The fourth-order valence-corrected chi connectivity index (χ4v) is 1.11. The quantitative estimate of drug-likeness (QED) is 0.470. The van der Waals surface area contributed by atoms with Crippen LogP contribution in [-0.2, 0) is 4.79 Å². The molecule has 0 aliphatic rings. The summed E-state index contributed by atoms with van der Waals surface area (Å²) in [5.41, 5.74) is 0.390. The number of carbonyl (C=O) groups is 1. The van der Waals surface area contributed by atoms with Gasteiger partial charge in [0.25, 0.3) is 5.91 Å². The fraction of sp³-hybridized carbons (Fsp3) is 0.111. The Bertz CT molecular complexity index is 393. The number of amides is 1. The molecule has 0 saturated heterocycles. The number of carbonyl (C=O) groups excluding carboxylic acids is 1. The molecule has 0 bridgehead atoms. The number of benzene rings is 1. The van der Waals surface area contributed by atoms with Gasteiger partial charge in [0.1, 0.15) is 12.0 Å². The number of halogens is 1. The summed E-state index contributed by atoms with van der Waals surface area (Å²) >= 11 is 5.82. The first-order valence-corrected chi connectivity index (χ1v) is 4.37. The van der Waals surface area contributed by atoms with Gasteiger partial charge in [-0.05, 0) is 12.1 Å². The Morgan fingerprint density at radius 2 is 2.40 bits per heavy atom. The SMILES string of the molecule is COc1ccc(Cl)c(NC(=O)/C=N/O)c1. The van der Waals surface area contributed by atoms with Gasteiger partial charge in [0, 0.05) is 6.07 Å². The molecule has 80 valence electrons. The molecule has 0 aliphatic carbocycles. The number of methoxy groups -OCH3 is 1. The summed E-state index contributed by atoms with van der Waals surface area (Å²) in [5.74, 6) is -0.0108. The minimum absolute atomic E-state index is 0.371. The van der Waals surface area contributed by atoms with Gasteiger partial charge in [-0.3, -0.25) is 4.79 Å². The predicted molar refractivity (Wildman–Crippen MR) is 56.9 cm³/mol. The van der Waals surface area contributed by atoms with Gasteiger partial charge in [-0.15, -0.1) is 0 Å². The number of anilines is 1. The molecule has 0 aromatic heterocycles. The zero-order valence-corrected chi connectivity index (χ0v) is 8.65. The van der Waals surface area contributed by atoms with Crippen LogP contribution in [-0.4, -0.2) is 24.4 Å². The van der Waals surface area contributed by atoms with Crippen molar-refractivity contribution in [3.63, 3.8) is 0 Å². The second kappa shape index (κ2) is 5.21. The molecule has 1 aromatic rings. The fourth-order valence-electron chi connectivity index (χ4n) is 0.945. The Balaban J connectivity index is 2.88. The van der Waals surface area contributed by atoms with Crippen molar-refractivity contribution in [3.05, 3.63) is 23.2 Å². The van der Waals surface area contributed by atoms with E-state index in [2.05, 4.69) is 10.5 Å². The Morgan fingerprint density at radius 1 is 1.67 bits per heavy atom. The number of oxime groups is 1. The Hall–Kier alpha value is -1.75. The molecule has 0 atom stereocenters. The van der Waals surface area contributed by atoms with E-state index in [1.165, 1.54) is 7.11 Å². The van der Waals surface area contributed by atoms with E-state index in [-0.39, 0.29) is 0 Å². The van der Waals surface area contributed by atoms with Crippen LogP contribution in [0.2, 0.25) is 5.02 Å². The van der Waals surface area contributed by atoms with E-state index in [9.17, 15) is 4.79 Å². The lowest BCUT2D eigenvalue weighted by atomic mass is 10.3. The molecule has 6 heteroatoms. The van der Waals surface area contributed by atoms with Gasteiger partial charge in [-0.1, -0.05) is 16.8 Å². The van der Waals surface area contributed by atoms with Crippen molar-refractivity contribution >= 4 is 29.4 Å². The summed E-state index contributed by atoms with van der Waals surface area (Å²) in [5, 5.41) is 13.5. The third kappa shape index (κ3) is 3.14. The van der Waals surface area contributed by atoms with Gasteiger partial charge < -0.3 is 15.3 Å². The molecule has 2 N–H and O–H groups in total. The highest BCUT2D eigenvalue weighted by atomic mass is 35.5. The van der Waals surface area contributed by atoms with Gasteiger partial charge in [-0.25, -0.2) is 0 Å². The van der Waals surface area contributed by atoms with Crippen molar-refractivity contribution < 1.29 is 14.7 Å². The molecule has 0 aliphatic heterocycles. The monoisotopic (exact) mass is 228 g/mol. The number of rotatable bonds is 3. The third-order valence-corrected chi connectivity index (χ3v) is 1.94. The predicted octanol–water partition coefficient (Wildman–Crippen LogP) is 1.75. The Kier molecular flexibility index (Phi) is 3.93. The largest absolute Gasteiger partial charge is 0.497 e. The van der Waals surface area contributed by atoms with Crippen LogP contribution in [0.3, 0.4) is 0 Å². The molecule has 0 heterocycles. The highest BCUT2D eigenvalue weighted by Crippen LogP contribution is 2.26. The first kappa shape index (κ1) is 11.3. The van der Waals surface area contributed by atoms with E-state index in [1.54, 1.807) is 18.2 Å². The van der Waals surface area contributed by atoms with Crippen LogP contribution >= 0.6 is 11.6 Å². The average molecular weight is 229 g/mol. The zero-order valence-electron chi connectivity index (χ0n) is 7.90. The lowest BCUT2D eigenvalue weighted by Crippen LogP contribution is -2.12. The van der Waals surface area contributed by atoms with E-state index in [1.807, 2.05) is 0 Å². The van der Waals surface area contributed by atoms with Crippen molar-refractivity contribution in [3.8, 4) is 5.75 Å². The average Bonchev–Trinajstić information content (AvgIpc) is 2.21. The van der Waals surface area contributed by atoms with E-state index < -0.39 is 5.91 Å². The lowest BCUT2D eigenvalue weighted by molar-refractivity contribution is -0.110. The van der Waals surface area contributed by atoms with Crippen LogP contribution in [0.15, 0.2) is 23.4 Å². The van der Waals surface area contributed by atoms with Gasteiger partial charge in [0.2, 0.25) is 0 Å². The molecule has 1 amide bonds. The number of hydrogen-bond acceptors (Lipinski definition) is 4. The number of hydrogen-bond donors (Lipinski definition) is 2. The highest BCUT2D eigenvalue weighted by molar-refractivity contribution is 6.36. The van der Waals surface area contributed by atoms with Crippen molar-refractivity contribution in [2.45, 2.75) is 0 Å². The maximum atomic E-state index is 11.0. The van der Waals surface area contributed by atoms with Gasteiger partial charge in [-0.2, -0.15) is 0 Å².